The summed E-state index contributed by atoms with van der Waals surface area (Å²) in [6.45, 7) is -0.431. The monoisotopic (exact) mass is 364 g/mol. The normalized spacial score (nSPS) is 11.3. The van der Waals surface area contributed by atoms with Crippen LogP contribution in [0.15, 0.2) is 36.5 Å². The van der Waals surface area contributed by atoms with E-state index >= 15 is 0 Å². The quantitative estimate of drug-likeness (QED) is 0.638. The average Bonchev–Trinajstić information content (AvgIpc) is 2.44. The number of halogens is 5. The zero-order valence-corrected chi connectivity index (χ0v) is 12.0. The van der Waals surface area contributed by atoms with Gasteiger partial charge in [0.05, 0.1) is 5.56 Å². The lowest BCUT2D eigenvalue weighted by atomic mass is 10.1. The zero-order chi connectivity index (χ0) is 15.5. The first-order valence-electron chi connectivity index (χ1n) is 5.72. The highest BCUT2D eigenvalue weighted by atomic mass is 79.9. The first-order valence-corrected chi connectivity index (χ1v) is 6.52. The lowest BCUT2D eigenvalue weighted by Gasteiger charge is -2.15. The van der Waals surface area contributed by atoms with Crippen LogP contribution in [0.1, 0.15) is 11.1 Å². The van der Waals surface area contributed by atoms with Crippen molar-refractivity contribution < 1.29 is 22.3 Å². The van der Waals surface area contributed by atoms with Crippen molar-refractivity contribution in [3.63, 3.8) is 0 Å². The van der Waals surface area contributed by atoms with E-state index in [-0.39, 0.29) is 11.3 Å². The lowest BCUT2D eigenvalue weighted by molar-refractivity contribution is -0.141. The summed E-state index contributed by atoms with van der Waals surface area (Å²) < 4.78 is 59.8. The van der Waals surface area contributed by atoms with E-state index in [1.54, 1.807) is 6.07 Å². The standard InChI is InChI=1S/C13H9BrF4N2O/c14-20-12-10(5-2-6-19-12)21-7-8-3-1-4-9(15)11(8)13(16,17)18/h1-6H,7H2,(H,19,20). The Morgan fingerprint density at radius 1 is 1.19 bits per heavy atom. The van der Waals surface area contributed by atoms with Gasteiger partial charge in [-0.2, -0.15) is 13.2 Å². The number of hydrogen-bond donors (Lipinski definition) is 1. The molecule has 0 aliphatic rings. The molecule has 112 valence electrons. The molecule has 1 aromatic carbocycles. The third-order valence-electron chi connectivity index (χ3n) is 2.63. The summed E-state index contributed by atoms with van der Waals surface area (Å²) >= 11 is 2.96. The fourth-order valence-corrected chi connectivity index (χ4v) is 2.04. The molecule has 0 radical (unpaired) electrons. The predicted molar refractivity (Wildman–Crippen MR) is 72.5 cm³/mol. The first kappa shape index (κ1) is 15.6. The van der Waals surface area contributed by atoms with Crippen LogP contribution in [0.3, 0.4) is 0 Å². The second-order valence-corrected chi connectivity index (χ2v) is 4.40. The van der Waals surface area contributed by atoms with E-state index in [0.29, 0.717) is 5.82 Å². The Morgan fingerprint density at radius 2 is 1.95 bits per heavy atom. The van der Waals surface area contributed by atoms with E-state index in [2.05, 4.69) is 25.5 Å². The second-order valence-electron chi connectivity index (χ2n) is 4.01. The Balaban J connectivity index is 2.27. The molecular weight excluding hydrogens is 356 g/mol. The smallest absolute Gasteiger partial charge is 0.419 e. The van der Waals surface area contributed by atoms with Gasteiger partial charge in [-0.15, -0.1) is 0 Å². The molecule has 1 aromatic heterocycles. The van der Waals surface area contributed by atoms with Crippen molar-refractivity contribution in [2.45, 2.75) is 12.8 Å². The molecule has 0 aliphatic carbocycles. The van der Waals surface area contributed by atoms with Gasteiger partial charge in [-0.25, -0.2) is 9.37 Å². The van der Waals surface area contributed by atoms with Gasteiger partial charge < -0.3 is 9.08 Å². The Bertz CT molecular complexity index is 634. The third kappa shape index (κ3) is 3.63. The molecule has 0 spiro atoms. The third-order valence-corrected chi connectivity index (χ3v) is 3.00. The van der Waals surface area contributed by atoms with Crippen LogP contribution in [-0.4, -0.2) is 4.98 Å². The van der Waals surface area contributed by atoms with Crippen LogP contribution in [0.4, 0.5) is 23.4 Å². The van der Waals surface area contributed by atoms with Gasteiger partial charge in [0.2, 0.25) is 0 Å². The molecule has 2 rings (SSSR count). The van der Waals surface area contributed by atoms with Gasteiger partial charge in [-0.1, -0.05) is 12.1 Å². The van der Waals surface area contributed by atoms with Gasteiger partial charge in [-0.3, -0.25) is 0 Å². The Hall–Kier alpha value is -1.83. The van der Waals surface area contributed by atoms with Gasteiger partial charge in [-0.05, 0) is 18.2 Å². The molecule has 0 aliphatic heterocycles. The number of anilines is 1. The number of benzene rings is 1. The van der Waals surface area contributed by atoms with Crippen LogP contribution in [0.25, 0.3) is 0 Å². The fraction of sp³-hybridized carbons (Fsp3) is 0.154. The zero-order valence-electron chi connectivity index (χ0n) is 10.4. The molecule has 1 N–H and O–H groups in total. The molecule has 1 heterocycles. The minimum Gasteiger partial charge on any atom is -0.485 e. The molecule has 0 bridgehead atoms. The number of rotatable bonds is 4. The molecule has 0 saturated carbocycles. The Labute approximate surface area is 126 Å². The van der Waals surface area contributed by atoms with E-state index in [0.717, 1.165) is 6.07 Å². The highest BCUT2D eigenvalue weighted by Crippen LogP contribution is 2.34. The van der Waals surface area contributed by atoms with Crippen LogP contribution in [0.2, 0.25) is 0 Å². The minimum absolute atomic E-state index is 0.242. The molecule has 3 nitrogen and oxygen atoms in total. The summed E-state index contributed by atoms with van der Waals surface area (Å²) in [5, 5.41) is 0. The first-order chi connectivity index (χ1) is 9.93. The number of ether oxygens (including phenoxy) is 1. The molecule has 0 unspecified atom stereocenters. The van der Waals surface area contributed by atoms with Crippen LogP contribution in [0.5, 0.6) is 5.75 Å². The van der Waals surface area contributed by atoms with Crippen molar-refractivity contribution in [1.82, 2.24) is 4.98 Å². The average molecular weight is 365 g/mol. The summed E-state index contributed by atoms with van der Waals surface area (Å²) in [6, 6.07) is 6.24. The lowest BCUT2D eigenvalue weighted by Crippen LogP contribution is -2.13. The van der Waals surface area contributed by atoms with Crippen LogP contribution in [0, 0.1) is 5.82 Å². The Morgan fingerprint density at radius 3 is 2.62 bits per heavy atom. The van der Waals surface area contributed by atoms with Gasteiger partial charge in [0.1, 0.15) is 12.4 Å². The van der Waals surface area contributed by atoms with Crippen LogP contribution >= 0.6 is 16.1 Å². The molecule has 0 fully saturated rings. The predicted octanol–water partition coefficient (Wildman–Crippen LogP) is 4.54. The van der Waals surface area contributed by atoms with Crippen molar-refractivity contribution in [2.75, 3.05) is 4.34 Å². The maximum Gasteiger partial charge on any atom is 0.419 e. The second kappa shape index (κ2) is 6.30. The van der Waals surface area contributed by atoms with Crippen molar-refractivity contribution in [2.24, 2.45) is 0 Å². The molecule has 2 aromatic rings. The maximum absolute atomic E-state index is 13.4. The van der Waals surface area contributed by atoms with Crippen molar-refractivity contribution >= 4 is 22.0 Å². The SMILES string of the molecule is Fc1cccc(COc2cccnc2NBr)c1C(F)(F)F. The molecule has 21 heavy (non-hydrogen) atoms. The largest absolute Gasteiger partial charge is 0.485 e. The van der Waals surface area contributed by atoms with Crippen LogP contribution < -0.4 is 9.08 Å². The molecule has 0 atom stereocenters. The highest BCUT2D eigenvalue weighted by Gasteiger charge is 2.36. The van der Waals surface area contributed by atoms with Crippen molar-refractivity contribution in [1.29, 1.82) is 0 Å². The maximum atomic E-state index is 13.4. The van der Waals surface area contributed by atoms with Gasteiger partial charge in [0.15, 0.2) is 11.6 Å². The summed E-state index contributed by atoms with van der Waals surface area (Å²) in [7, 11) is 0. The van der Waals surface area contributed by atoms with Crippen LogP contribution in [-0.2, 0) is 12.8 Å². The summed E-state index contributed by atoms with van der Waals surface area (Å²) in [5.41, 5.74) is -1.60. The topological polar surface area (TPSA) is 34.1 Å². The van der Waals surface area contributed by atoms with Gasteiger partial charge in [0, 0.05) is 27.9 Å². The minimum atomic E-state index is -4.78. The van der Waals surface area contributed by atoms with Gasteiger partial charge in [0.25, 0.3) is 0 Å². The fourth-order valence-electron chi connectivity index (χ4n) is 1.74. The Kier molecular flexibility index (Phi) is 4.66. The van der Waals surface area contributed by atoms with E-state index in [4.69, 9.17) is 4.74 Å². The van der Waals surface area contributed by atoms with E-state index in [1.807, 2.05) is 0 Å². The van der Waals surface area contributed by atoms with Crippen molar-refractivity contribution in [3.8, 4) is 5.75 Å². The van der Waals surface area contributed by atoms with E-state index in [1.165, 1.54) is 24.4 Å². The summed E-state index contributed by atoms with van der Waals surface area (Å²) in [5.74, 6) is -0.775. The van der Waals surface area contributed by atoms with Crippen molar-refractivity contribution in [3.05, 3.63) is 53.5 Å². The molecule has 0 saturated heterocycles. The van der Waals surface area contributed by atoms with E-state index < -0.39 is 24.2 Å². The number of nitrogens with zero attached hydrogens (tertiary/aromatic N) is 1. The number of nitrogens with one attached hydrogen (secondary N) is 1. The van der Waals surface area contributed by atoms with E-state index in [9.17, 15) is 17.6 Å². The number of aromatic nitrogens is 1. The molecule has 8 heteroatoms. The summed E-state index contributed by atoms with van der Waals surface area (Å²) in [6.07, 6.45) is -3.30. The number of pyridine rings is 1. The highest BCUT2D eigenvalue weighted by molar-refractivity contribution is 9.10. The molecule has 0 amide bonds. The number of alkyl halides is 3. The van der Waals surface area contributed by atoms with Gasteiger partial charge >= 0.3 is 6.18 Å². The number of hydrogen-bond acceptors (Lipinski definition) is 3. The summed E-state index contributed by atoms with van der Waals surface area (Å²) in [4.78, 5) is 3.92. The molecular formula is C13H9BrF4N2O.